The molecule has 3 amide bonds. The highest BCUT2D eigenvalue weighted by atomic mass is 35.5. The number of carbonyl (C=O) groups excluding carboxylic acids is 3. The van der Waals surface area contributed by atoms with Crippen molar-refractivity contribution < 1.29 is 19.1 Å². The van der Waals surface area contributed by atoms with Crippen molar-refractivity contribution in [1.82, 2.24) is 10.7 Å². The number of ether oxygens (including phenoxy) is 1. The van der Waals surface area contributed by atoms with Gasteiger partial charge in [-0.2, -0.15) is 5.10 Å². The predicted molar refractivity (Wildman–Crippen MR) is 111 cm³/mol. The van der Waals surface area contributed by atoms with E-state index in [2.05, 4.69) is 21.2 Å². The van der Waals surface area contributed by atoms with Crippen LogP contribution in [0.1, 0.15) is 19.4 Å². The fourth-order valence-corrected chi connectivity index (χ4v) is 2.30. The van der Waals surface area contributed by atoms with E-state index in [1.807, 2.05) is 0 Å². The molecule has 0 bridgehead atoms. The Balaban J connectivity index is 1.78. The van der Waals surface area contributed by atoms with Crippen molar-refractivity contribution >= 4 is 41.2 Å². The molecule has 0 heterocycles. The van der Waals surface area contributed by atoms with Gasteiger partial charge >= 0.3 is 11.8 Å². The van der Waals surface area contributed by atoms with E-state index in [0.717, 1.165) is 0 Å². The molecule has 8 nitrogen and oxygen atoms in total. The molecule has 0 saturated carbocycles. The third-order valence-corrected chi connectivity index (χ3v) is 3.60. The third kappa shape index (κ3) is 8.02. The molecule has 29 heavy (non-hydrogen) atoms. The molecule has 0 unspecified atom stereocenters. The van der Waals surface area contributed by atoms with E-state index in [4.69, 9.17) is 16.3 Å². The fourth-order valence-electron chi connectivity index (χ4n) is 2.11. The first-order chi connectivity index (χ1) is 13.8. The van der Waals surface area contributed by atoms with Crippen LogP contribution in [-0.4, -0.2) is 36.6 Å². The molecule has 2 aromatic carbocycles. The second-order valence-electron chi connectivity index (χ2n) is 6.24. The van der Waals surface area contributed by atoms with Gasteiger partial charge in [0.15, 0.2) is 6.61 Å². The minimum Gasteiger partial charge on any atom is -0.484 e. The largest absolute Gasteiger partial charge is 0.484 e. The van der Waals surface area contributed by atoms with Crippen LogP contribution >= 0.6 is 11.6 Å². The van der Waals surface area contributed by atoms with Gasteiger partial charge in [-0.3, -0.25) is 14.4 Å². The van der Waals surface area contributed by atoms with Crippen LogP contribution in [0.15, 0.2) is 53.6 Å². The van der Waals surface area contributed by atoms with Crippen molar-refractivity contribution in [1.29, 1.82) is 0 Å². The number of hydrazone groups is 1. The molecule has 0 radical (unpaired) electrons. The highest BCUT2D eigenvalue weighted by molar-refractivity contribution is 6.35. The summed E-state index contributed by atoms with van der Waals surface area (Å²) >= 11 is 5.87. The van der Waals surface area contributed by atoms with Crippen LogP contribution in [0.25, 0.3) is 0 Å². The number of halogens is 1. The van der Waals surface area contributed by atoms with E-state index in [1.54, 1.807) is 62.4 Å². The molecule has 0 spiro atoms. The van der Waals surface area contributed by atoms with Crippen molar-refractivity contribution in [3.05, 3.63) is 59.1 Å². The average Bonchev–Trinajstić information content (AvgIpc) is 2.66. The maximum atomic E-state index is 11.9. The first-order valence-electron chi connectivity index (χ1n) is 8.75. The lowest BCUT2D eigenvalue weighted by molar-refractivity contribution is -0.139. The summed E-state index contributed by atoms with van der Waals surface area (Å²) in [6, 6.07) is 13.4. The number of rotatable bonds is 7. The predicted octanol–water partition coefficient (Wildman–Crippen LogP) is 2.33. The van der Waals surface area contributed by atoms with Gasteiger partial charge < -0.3 is 15.4 Å². The molecule has 0 saturated heterocycles. The van der Waals surface area contributed by atoms with Gasteiger partial charge in [-0.25, -0.2) is 5.43 Å². The minimum atomic E-state index is -0.847. The van der Waals surface area contributed by atoms with Crippen molar-refractivity contribution in [3.8, 4) is 5.75 Å². The number of nitrogens with zero attached hydrogens (tertiary/aromatic N) is 1. The number of carbonyl (C=O) groups is 3. The van der Waals surface area contributed by atoms with Crippen LogP contribution in [-0.2, 0) is 14.4 Å². The number of hydrogen-bond acceptors (Lipinski definition) is 5. The number of benzene rings is 2. The summed E-state index contributed by atoms with van der Waals surface area (Å²) in [4.78, 5) is 34.9. The van der Waals surface area contributed by atoms with Gasteiger partial charge in [0.1, 0.15) is 5.75 Å². The molecule has 3 N–H and O–H groups in total. The van der Waals surface area contributed by atoms with Gasteiger partial charge in [-0.1, -0.05) is 17.7 Å². The van der Waals surface area contributed by atoms with Crippen LogP contribution < -0.4 is 20.8 Å². The Morgan fingerprint density at radius 1 is 1.10 bits per heavy atom. The lowest BCUT2D eigenvalue weighted by Gasteiger charge is -2.08. The molecule has 2 rings (SSSR count). The maximum Gasteiger partial charge on any atom is 0.329 e. The molecule has 2 aromatic rings. The van der Waals surface area contributed by atoms with Crippen molar-refractivity contribution in [3.63, 3.8) is 0 Å². The minimum absolute atomic E-state index is 0.141. The Morgan fingerprint density at radius 3 is 2.48 bits per heavy atom. The maximum absolute atomic E-state index is 11.9. The monoisotopic (exact) mass is 416 g/mol. The number of nitrogens with one attached hydrogen (secondary N) is 3. The zero-order chi connectivity index (χ0) is 21.2. The molecule has 0 aliphatic heterocycles. The number of amides is 3. The second kappa shape index (κ2) is 10.8. The topological polar surface area (TPSA) is 109 Å². The Kier molecular flexibility index (Phi) is 8.17. The van der Waals surface area contributed by atoms with Gasteiger partial charge in [-0.05, 0) is 61.9 Å². The quantitative estimate of drug-likeness (QED) is 0.365. The van der Waals surface area contributed by atoms with Crippen LogP contribution in [0.4, 0.5) is 5.69 Å². The lowest BCUT2D eigenvalue weighted by atomic mass is 10.2. The third-order valence-electron chi connectivity index (χ3n) is 3.36. The Bertz CT molecular complexity index is 898. The van der Waals surface area contributed by atoms with Gasteiger partial charge in [0.25, 0.3) is 5.91 Å². The molecule has 0 aromatic heterocycles. The lowest BCUT2D eigenvalue weighted by Crippen LogP contribution is -2.41. The van der Waals surface area contributed by atoms with E-state index in [9.17, 15) is 14.4 Å². The van der Waals surface area contributed by atoms with Gasteiger partial charge in [0, 0.05) is 16.8 Å². The highest BCUT2D eigenvalue weighted by Gasteiger charge is 2.12. The Morgan fingerprint density at radius 2 is 1.83 bits per heavy atom. The SMILES string of the molecule is CC(C)NC(=O)C(=O)N/N=C\c1ccc(OCC(=O)Nc2cccc(Cl)c2)cc1. The molecule has 0 aliphatic carbocycles. The van der Waals surface area contributed by atoms with Crippen LogP contribution in [0.2, 0.25) is 5.02 Å². The van der Waals surface area contributed by atoms with Crippen molar-refractivity contribution in [2.24, 2.45) is 5.10 Å². The van der Waals surface area contributed by atoms with Gasteiger partial charge in [0.05, 0.1) is 6.21 Å². The molecule has 152 valence electrons. The molecule has 0 aliphatic rings. The first kappa shape index (κ1) is 21.9. The zero-order valence-corrected chi connectivity index (χ0v) is 16.7. The van der Waals surface area contributed by atoms with Crippen molar-refractivity contribution in [2.45, 2.75) is 19.9 Å². The number of hydrogen-bond donors (Lipinski definition) is 3. The zero-order valence-electron chi connectivity index (χ0n) is 15.9. The van der Waals surface area contributed by atoms with Crippen LogP contribution in [0.5, 0.6) is 5.75 Å². The standard InChI is InChI=1S/C20H21ClN4O4/c1-13(2)23-19(27)20(28)25-22-11-14-6-8-17(9-7-14)29-12-18(26)24-16-5-3-4-15(21)10-16/h3-11,13H,12H2,1-2H3,(H,23,27)(H,24,26)(H,25,28)/b22-11-. The molecule has 0 fully saturated rings. The summed E-state index contributed by atoms with van der Waals surface area (Å²) in [5.74, 6) is -1.43. The first-order valence-corrected chi connectivity index (χ1v) is 9.13. The van der Waals surface area contributed by atoms with Crippen molar-refractivity contribution in [2.75, 3.05) is 11.9 Å². The van der Waals surface area contributed by atoms with Gasteiger partial charge in [0.2, 0.25) is 0 Å². The molecule has 0 atom stereocenters. The summed E-state index contributed by atoms with van der Waals surface area (Å²) in [7, 11) is 0. The molecular weight excluding hydrogens is 396 g/mol. The Hall–Kier alpha value is -3.39. The summed E-state index contributed by atoms with van der Waals surface area (Å²) in [5.41, 5.74) is 3.40. The van der Waals surface area contributed by atoms with E-state index >= 15 is 0 Å². The average molecular weight is 417 g/mol. The van der Waals surface area contributed by atoms with Crippen LogP contribution in [0.3, 0.4) is 0 Å². The fraction of sp³-hybridized carbons (Fsp3) is 0.200. The molecular formula is C20H21ClN4O4. The van der Waals surface area contributed by atoms with E-state index < -0.39 is 11.8 Å². The normalized spacial score (nSPS) is 10.6. The van der Waals surface area contributed by atoms with Crippen LogP contribution in [0, 0.1) is 0 Å². The smallest absolute Gasteiger partial charge is 0.329 e. The van der Waals surface area contributed by atoms with E-state index in [-0.39, 0.29) is 18.6 Å². The summed E-state index contributed by atoms with van der Waals surface area (Å²) in [6.45, 7) is 3.33. The summed E-state index contributed by atoms with van der Waals surface area (Å²) < 4.78 is 5.42. The Labute approximate surface area is 173 Å². The van der Waals surface area contributed by atoms with E-state index in [1.165, 1.54) is 6.21 Å². The highest BCUT2D eigenvalue weighted by Crippen LogP contribution is 2.15. The van der Waals surface area contributed by atoms with E-state index in [0.29, 0.717) is 22.0 Å². The summed E-state index contributed by atoms with van der Waals surface area (Å²) in [6.07, 6.45) is 1.39. The second-order valence-corrected chi connectivity index (χ2v) is 6.68. The van der Waals surface area contributed by atoms with Gasteiger partial charge in [-0.15, -0.1) is 0 Å². The molecule has 9 heteroatoms. The number of anilines is 1. The summed E-state index contributed by atoms with van der Waals surface area (Å²) in [5, 5.41) is 9.39.